The van der Waals surface area contributed by atoms with Gasteiger partial charge in [0.2, 0.25) is 0 Å². The van der Waals surface area contributed by atoms with Crippen molar-refractivity contribution >= 4 is 26.0 Å². The zero-order valence-corrected chi connectivity index (χ0v) is 12.5. The summed E-state index contributed by atoms with van der Waals surface area (Å²) >= 11 is 2.99. The Morgan fingerprint density at radius 2 is 1.75 bits per heavy atom. The maximum atomic E-state index is 10.6. The molecule has 0 saturated heterocycles. The summed E-state index contributed by atoms with van der Waals surface area (Å²) in [7, 11) is -4.08. The zero-order chi connectivity index (χ0) is 8.48. The van der Waals surface area contributed by atoms with Crippen LogP contribution in [-0.4, -0.2) is 13.0 Å². The Morgan fingerprint density at radius 1 is 1.25 bits per heavy atom. The summed E-state index contributed by atoms with van der Waals surface area (Å²) in [5.41, 5.74) is 0. The molecule has 0 aliphatic carbocycles. The van der Waals surface area contributed by atoms with E-state index < -0.39 is 10.1 Å². The molecule has 1 rings (SSSR count). The van der Waals surface area contributed by atoms with E-state index in [9.17, 15) is 8.42 Å². The molecular weight excluding hydrogens is 344 g/mol. The van der Waals surface area contributed by atoms with Crippen molar-refractivity contribution in [3.05, 3.63) is 28.7 Å². The standard InChI is InChI=1S/C6H5BrO3S.Cd/c7-5-3-1-2-4-6(5)11(8,9)10;/h1-4H,(H,8,9,10);. The van der Waals surface area contributed by atoms with E-state index in [2.05, 4.69) is 15.9 Å². The molecule has 62 valence electrons. The average Bonchev–Trinajstić information content (AvgIpc) is 1.86. The van der Waals surface area contributed by atoms with Crippen LogP contribution in [-0.2, 0) is 37.4 Å². The topological polar surface area (TPSA) is 54.4 Å². The normalized spacial score (nSPS) is 10.5. The minimum Gasteiger partial charge on any atom is -0.282 e. The summed E-state index contributed by atoms with van der Waals surface area (Å²) in [4.78, 5) is -0.111. The van der Waals surface area contributed by atoms with Gasteiger partial charge in [0.15, 0.2) is 0 Å². The van der Waals surface area contributed by atoms with Gasteiger partial charge in [-0.2, -0.15) is 8.42 Å². The van der Waals surface area contributed by atoms with Crippen molar-refractivity contribution in [2.75, 3.05) is 0 Å². The largest absolute Gasteiger partial charge is 0.295 e. The Balaban J connectivity index is 0.00000121. The molecule has 0 radical (unpaired) electrons. The van der Waals surface area contributed by atoms with Gasteiger partial charge in [-0.1, -0.05) is 12.1 Å². The molecule has 0 atom stereocenters. The summed E-state index contributed by atoms with van der Waals surface area (Å²) < 4.78 is 30.1. The first-order valence-electron chi connectivity index (χ1n) is 2.74. The second-order valence-corrected chi connectivity index (χ2v) is 4.15. The van der Waals surface area contributed by atoms with Gasteiger partial charge in [-0.05, 0) is 28.1 Å². The van der Waals surface area contributed by atoms with Crippen molar-refractivity contribution in [1.29, 1.82) is 0 Å². The Morgan fingerprint density at radius 3 is 2.08 bits per heavy atom. The average molecular weight is 349 g/mol. The van der Waals surface area contributed by atoms with Crippen molar-refractivity contribution in [2.45, 2.75) is 4.90 Å². The fourth-order valence-electron chi connectivity index (χ4n) is 0.654. The molecule has 0 amide bonds. The third-order valence-corrected chi connectivity index (χ3v) is 2.98. The molecular formula is C6H5BrCdO3S. The number of hydrogen-bond acceptors (Lipinski definition) is 2. The van der Waals surface area contributed by atoms with E-state index >= 15 is 0 Å². The molecule has 1 aromatic rings. The van der Waals surface area contributed by atoms with E-state index in [1.165, 1.54) is 12.1 Å². The third kappa shape index (κ3) is 3.11. The fraction of sp³-hybridized carbons (Fsp3) is 0. The van der Waals surface area contributed by atoms with Gasteiger partial charge < -0.3 is 0 Å². The van der Waals surface area contributed by atoms with Gasteiger partial charge in [0, 0.05) is 31.8 Å². The summed E-state index contributed by atoms with van der Waals surface area (Å²) in [5.74, 6) is 0. The smallest absolute Gasteiger partial charge is 0.282 e. The number of halogens is 1. The molecule has 3 nitrogen and oxygen atoms in total. The van der Waals surface area contributed by atoms with Crippen LogP contribution in [0.2, 0.25) is 0 Å². The van der Waals surface area contributed by atoms with Crippen LogP contribution in [0, 0.1) is 0 Å². The van der Waals surface area contributed by atoms with Crippen molar-refractivity contribution in [1.82, 2.24) is 0 Å². The second-order valence-electron chi connectivity index (χ2n) is 1.91. The predicted octanol–water partition coefficient (Wildman–Crippen LogP) is 1.69. The van der Waals surface area contributed by atoms with Crippen LogP contribution in [0.25, 0.3) is 0 Å². The predicted molar refractivity (Wildman–Crippen MR) is 44.0 cm³/mol. The Bertz CT molecular complexity index is 363. The molecule has 0 fully saturated rings. The van der Waals surface area contributed by atoms with Crippen molar-refractivity contribution in [3.63, 3.8) is 0 Å². The molecule has 0 aliphatic rings. The quantitative estimate of drug-likeness (QED) is 0.620. The van der Waals surface area contributed by atoms with Gasteiger partial charge in [-0.25, -0.2) is 0 Å². The first-order valence-corrected chi connectivity index (χ1v) is 4.97. The molecule has 0 aliphatic heterocycles. The van der Waals surface area contributed by atoms with Gasteiger partial charge in [-0.15, -0.1) is 0 Å². The molecule has 1 aromatic carbocycles. The van der Waals surface area contributed by atoms with Gasteiger partial charge >= 0.3 is 0 Å². The van der Waals surface area contributed by atoms with Gasteiger partial charge in [0.25, 0.3) is 10.1 Å². The maximum Gasteiger partial charge on any atom is 0.295 e. The molecule has 6 heteroatoms. The summed E-state index contributed by atoms with van der Waals surface area (Å²) in [6, 6.07) is 6.06. The number of benzene rings is 1. The maximum absolute atomic E-state index is 10.6. The molecule has 0 aromatic heterocycles. The number of hydrogen-bond donors (Lipinski definition) is 1. The fourth-order valence-corrected chi connectivity index (χ4v) is 2.12. The Labute approximate surface area is 99.2 Å². The minimum absolute atomic E-state index is 0. The van der Waals surface area contributed by atoms with Crippen LogP contribution in [0.5, 0.6) is 0 Å². The SMILES string of the molecule is O=S(=O)(O)c1ccccc1Br.[Cd]. The van der Waals surface area contributed by atoms with Crippen LogP contribution in [0.3, 0.4) is 0 Å². The van der Waals surface area contributed by atoms with E-state index in [0.29, 0.717) is 4.47 Å². The minimum atomic E-state index is -4.08. The van der Waals surface area contributed by atoms with Crippen molar-refractivity contribution in [3.8, 4) is 0 Å². The molecule has 0 unspecified atom stereocenters. The van der Waals surface area contributed by atoms with E-state index in [0.717, 1.165) is 0 Å². The van der Waals surface area contributed by atoms with Gasteiger partial charge in [0.1, 0.15) is 4.90 Å². The second kappa shape index (κ2) is 4.68. The number of rotatable bonds is 1. The molecule has 0 bridgehead atoms. The van der Waals surface area contributed by atoms with Crippen molar-refractivity contribution in [2.24, 2.45) is 0 Å². The van der Waals surface area contributed by atoms with E-state index in [1.54, 1.807) is 12.1 Å². The molecule has 0 saturated carbocycles. The summed E-state index contributed by atoms with van der Waals surface area (Å²) in [6.07, 6.45) is 0. The Hall–Kier alpha value is 0.532. The first-order chi connectivity index (χ1) is 5.02. The summed E-state index contributed by atoms with van der Waals surface area (Å²) in [5, 5.41) is 0. The first kappa shape index (κ1) is 12.5. The summed E-state index contributed by atoms with van der Waals surface area (Å²) in [6.45, 7) is 0. The van der Waals surface area contributed by atoms with Crippen LogP contribution < -0.4 is 0 Å². The Kier molecular flexibility index (Phi) is 4.89. The van der Waals surface area contributed by atoms with Crippen LogP contribution >= 0.6 is 15.9 Å². The van der Waals surface area contributed by atoms with E-state index in [1.807, 2.05) is 0 Å². The molecule has 12 heavy (non-hydrogen) atoms. The molecule has 0 spiro atoms. The molecule has 0 heterocycles. The van der Waals surface area contributed by atoms with Crippen LogP contribution in [0.1, 0.15) is 0 Å². The van der Waals surface area contributed by atoms with Crippen molar-refractivity contribution < 1.29 is 40.3 Å². The van der Waals surface area contributed by atoms with E-state index in [-0.39, 0.29) is 32.2 Å². The van der Waals surface area contributed by atoms with E-state index in [4.69, 9.17) is 4.55 Å². The third-order valence-electron chi connectivity index (χ3n) is 1.11. The van der Waals surface area contributed by atoms with Crippen LogP contribution in [0.4, 0.5) is 0 Å². The van der Waals surface area contributed by atoms with Gasteiger partial charge in [-0.3, -0.25) is 4.55 Å². The monoisotopic (exact) mass is 350 g/mol. The van der Waals surface area contributed by atoms with Crippen LogP contribution in [0.15, 0.2) is 33.6 Å². The molecule has 1 N–H and O–H groups in total. The zero-order valence-electron chi connectivity index (χ0n) is 6.07. The van der Waals surface area contributed by atoms with Gasteiger partial charge in [0.05, 0.1) is 0 Å².